The average molecular weight is 364 g/mol. The van der Waals surface area contributed by atoms with Gasteiger partial charge in [0, 0.05) is 0 Å². The number of nitrogens with one attached hydrogen (secondary N) is 2. The van der Waals surface area contributed by atoms with E-state index in [4.69, 9.17) is 0 Å². The van der Waals surface area contributed by atoms with Crippen LogP contribution in [0.2, 0.25) is 0 Å². The summed E-state index contributed by atoms with van der Waals surface area (Å²) in [5.41, 5.74) is -0.0622. The van der Waals surface area contributed by atoms with Crippen molar-refractivity contribution in [3.05, 3.63) is 40.7 Å². The van der Waals surface area contributed by atoms with Crippen LogP contribution in [0.15, 0.2) is 40.3 Å². The zero-order chi connectivity index (χ0) is 16.9. The highest BCUT2D eigenvalue weighted by molar-refractivity contribution is 7.92. The first-order valence-corrected chi connectivity index (χ1v) is 8.80. The zero-order valence-electron chi connectivity index (χ0n) is 11.7. The van der Waals surface area contributed by atoms with Crippen molar-refractivity contribution in [3.8, 4) is 5.88 Å². The normalized spacial score (nSPS) is 12.0. The number of anilines is 1. The number of rotatable bonds is 3. The van der Waals surface area contributed by atoms with Gasteiger partial charge >= 0.3 is 0 Å². The Kier molecular flexibility index (Phi) is 3.04. The quantitative estimate of drug-likeness (QED) is 0.481. The Hall–Kier alpha value is -2.99. The van der Waals surface area contributed by atoms with Crippen LogP contribution < -0.4 is 10.3 Å². The van der Waals surface area contributed by atoms with Gasteiger partial charge in [0.2, 0.25) is 16.8 Å². The van der Waals surface area contributed by atoms with Crippen molar-refractivity contribution in [2.45, 2.75) is 5.16 Å². The zero-order valence-corrected chi connectivity index (χ0v) is 13.3. The number of hydrogen-bond donors (Lipinski definition) is 3. The SMILES string of the molecule is O=c1cc(O)nc(NS(=O)(=O)c2nnc3sc4ccccc4n23)[nH]1. The van der Waals surface area contributed by atoms with Gasteiger partial charge in [0.25, 0.3) is 20.7 Å². The molecule has 122 valence electrons. The third-order valence-electron chi connectivity index (χ3n) is 3.11. The molecule has 0 aliphatic carbocycles. The summed E-state index contributed by atoms with van der Waals surface area (Å²) in [5.74, 6) is -1.03. The maximum atomic E-state index is 12.6. The maximum absolute atomic E-state index is 12.6. The second kappa shape index (κ2) is 5.01. The molecular formula is C12H8N6O4S2. The van der Waals surface area contributed by atoms with E-state index in [0.29, 0.717) is 10.5 Å². The van der Waals surface area contributed by atoms with E-state index in [1.54, 1.807) is 12.1 Å². The molecule has 10 nitrogen and oxygen atoms in total. The summed E-state index contributed by atoms with van der Waals surface area (Å²) in [6.45, 7) is 0. The molecule has 0 amide bonds. The van der Waals surface area contributed by atoms with Gasteiger partial charge in [-0.3, -0.25) is 14.2 Å². The number of benzene rings is 1. The summed E-state index contributed by atoms with van der Waals surface area (Å²) in [7, 11) is -4.19. The van der Waals surface area contributed by atoms with E-state index in [1.807, 2.05) is 12.1 Å². The van der Waals surface area contributed by atoms with Gasteiger partial charge in [-0.15, -0.1) is 10.2 Å². The van der Waals surface area contributed by atoms with E-state index in [1.165, 1.54) is 15.7 Å². The van der Waals surface area contributed by atoms with Crippen LogP contribution in [0.4, 0.5) is 5.95 Å². The van der Waals surface area contributed by atoms with E-state index in [-0.39, 0.29) is 5.16 Å². The molecule has 4 rings (SSSR count). The first kappa shape index (κ1) is 14.6. The minimum absolute atomic E-state index is 0.346. The maximum Gasteiger partial charge on any atom is 0.300 e. The summed E-state index contributed by atoms with van der Waals surface area (Å²) < 4.78 is 29.5. The smallest absolute Gasteiger partial charge is 0.300 e. The fourth-order valence-electron chi connectivity index (χ4n) is 2.20. The lowest BCUT2D eigenvalue weighted by Crippen LogP contribution is -2.20. The Morgan fingerprint density at radius 2 is 2.04 bits per heavy atom. The molecule has 4 aromatic rings. The van der Waals surface area contributed by atoms with Gasteiger partial charge in [-0.2, -0.15) is 13.4 Å². The van der Waals surface area contributed by atoms with Gasteiger partial charge in [0.1, 0.15) is 0 Å². The van der Waals surface area contributed by atoms with E-state index in [9.17, 15) is 18.3 Å². The Morgan fingerprint density at radius 1 is 1.25 bits per heavy atom. The highest BCUT2D eigenvalue weighted by Gasteiger charge is 2.25. The number of H-pyrrole nitrogens is 1. The second-order valence-electron chi connectivity index (χ2n) is 4.73. The Morgan fingerprint density at radius 3 is 2.83 bits per heavy atom. The van der Waals surface area contributed by atoms with Crippen molar-refractivity contribution in [1.82, 2.24) is 24.6 Å². The molecule has 3 heterocycles. The second-order valence-corrected chi connectivity index (χ2v) is 7.31. The van der Waals surface area contributed by atoms with Crippen LogP contribution in [0.1, 0.15) is 0 Å². The Bertz CT molecular complexity index is 1240. The monoisotopic (exact) mass is 364 g/mol. The van der Waals surface area contributed by atoms with Crippen LogP contribution in [0.3, 0.4) is 0 Å². The van der Waals surface area contributed by atoms with Crippen molar-refractivity contribution in [2.75, 3.05) is 4.72 Å². The lowest BCUT2D eigenvalue weighted by Gasteiger charge is -2.05. The van der Waals surface area contributed by atoms with E-state index < -0.39 is 27.4 Å². The molecule has 0 spiro atoms. The predicted molar refractivity (Wildman–Crippen MR) is 85.7 cm³/mol. The molecule has 0 saturated heterocycles. The van der Waals surface area contributed by atoms with Gasteiger partial charge in [-0.1, -0.05) is 23.5 Å². The topological polar surface area (TPSA) is 142 Å². The van der Waals surface area contributed by atoms with Crippen molar-refractivity contribution in [1.29, 1.82) is 0 Å². The van der Waals surface area contributed by atoms with Gasteiger partial charge in [-0.05, 0) is 12.1 Å². The van der Waals surface area contributed by atoms with Crippen molar-refractivity contribution in [2.24, 2.45) is 0 Å². The fourth-order valence-corrected chi connectivity index (χ4v) is 4.23. The molecule has 0 radical (unpaired) electrons. The lowest BCUT2D eigenvalue weighted by molar-refractivity contribution is 0.452. The molecule has 1 aromatic carbocycles. The van der Waals surface area contributed by atoms with Gasteiger partial charge in [0.15, 0.2) is 0 Å². The fraction of sp³-hybridized carbons (Fsp3) is 0. The van der Waals surface area contributed by atoms with Gasteiger partial charge in [0.05, 0.1) is 16.3 Å². The van der Waals surface area contributed by atoms with Gasteiger partial charge in [-0.25, -0.2) is 4.72 Å². The Labute approximate surface area is 137 Å². The molecule has 12 heteroatoms. The molecule has 0 aliphatic heterocycles. The lowest BCUT2D eigenvalue weighted by atomic mass is 10.3. The number of aromatic hydroxyl groups is 1. The first-order chi connectivity index (χ1) is 11.4. The van der Waals surface area contributed by atoms with Crippen LogP contribution in [0.25, 0.3) is 15.2 Å². The average Bonchev–Trinajstić information content (AvgIpc) is 3.04. The highest BCUT2D eigenvalue weighted by atomic mass is 32.2. The van der Waals surface area contributed by atoms with Crippen LogP contribution in [0.5, 0.6) is 5.88 Å². The third-order valence-corrected chi connectivity index (χ3v) is 5.33. The molecule has 0 saturated carbocycles. The number of fused-ring (bicyclic) bond motifs is 3. The van der Waals surface area contributed by atoms with E-state index >= 15 is 0 Å². The van der Waals surface area contributed by atoms with Crippen molar-refractivity contribution < 1.29 is 13.5 Å². The van der Waals surface area contributed by atoms with E-state index in [0.717, 1.165) is 10.8 Å². The molecule has 0 unspecified atom stereocenters. The molecule has 0 bridgehead atoms. The summed E-state index contributed by atoms with van der Waals surface area (Å²) in [4.78, 5) is 17.4. The largest absolute Gasteiger partial charge is 0.493 e. The standard InChI is InChI=1S/C12H8N6O4S2/c19-8-5-9(20)14-10(13-8)17-24(21,22)12-16-15-11-18(12)6-3-1-2-4-7(6)23-11/h1-5H,(H3,13,14,17,19,20). The molecule has 3 aromatic heterocycles. The van der Waals surface area contributed by atoms with Gasteiger partial charge < -0.3 is 5.11 Å². The summed E-state index contributed by atoms with van der Waals surface area (Å²) in [6, 6.07) is 8.01. The molecule has 0 fully saturated rings. The molecule has 3 N–H and O–H groups in total. The summed E-state index contributed by atoms with van der Waals surface area (Å²) >= 11 is 1.29. The Balaban J connectivity index is 1.87. The third kappa shape index (κ3) is 2.28. The van der Waals surface area contributed by atoms with Crippen LogP contribution >= 0.6 is 11.3 Å². The van der Waals surface area contributed by atoms with Crippen molar-refractivity contribution in [3.63, 3.8) is 0 Å². The number of aromatic nitrogens is 5. The molecule has 0 atom stereocenters. The number of aromatic amines is 1. The number of thiazole rings is 1. The van der Waals surface area contributed by atoms with Crippen LogP contribution in [0, 0.1) is 0 Å². The van der Waals surface area contributed by atoms with Crippen LogP contribution in [-0.4, -0.2) is 38.1 Å². The highest BCUT2D eigenvalue weighted by Crippen LogP contribution is 2.27. The van der Waals surface area contributed by atoms with Crippen molar-refractivity contribution >= 4 is 42.5 Å². The minimum Gasteiger partial charge on any atom is -0.493 e. The number of hydrogen-bond acceptors (Lipinski definition) is 8. The number of sulfonamides is 1. The van der Waals surface area contributed by atoms with Crippen LogP contribution in [-0.2, 0) is 10.0 Å². The minimum atomic E-state index is -4.19. The summed E-state index contributed by atoms with van der Waals surface area (Å²) in [5, 5.41) is 16.5. The molecular weight excluding hydrogens is 356 g/mol. The molecule has 24 heavy (non-hydrogen) atoms. The predicted octanol–water partition coefficient (Wildman–Crippen LogP) is 0.534. The summed E-state index contributed by atoms with van der Waals surface area (Å²) in [6.07, 6.45) is 0. The first-order valence-electron chi connectivity index (χ1n) is 6.50. The molecule has 0 aliphatic rings. The van der Waals surface area contributed by atoms with E-state index in [2.05, 4.69) is 24.9 Å². The number of para-hydroxylation sites is 1. The number of nitrogens with zero attached hydrogens (tertiary/aromatic N) is 4.